The number of likely N-dealkylation sites (tertiary alicyclic amines) is 1. The van der Waals surface area contributed by atoms with E-state index < -0.39 is 17.4 Å². The van der Waals surface area contributed by atoms with Crippen molar-refractivity contribution >= 4 is 23.4 Å². The third-order valence-electron chi connectivity index (χ3n) is 6.88. The van der Waals surface area contributed by atoms with Crippen LogP contribution in [0.5, 0.6) is 0 Å². The fourth-order valence-corrected chi connectivity index (χ4v) is 5.40. The number of imide groups is 1. The van der Waals surface area contributed by atoms with E-state index in [1.165, 1.54) is 4.90 Å². The highest BCUT2D eigenvalue weighted by atomic mass is 16.2. The van der Waals surface area contributed by atoms with Gasteiger partial charge in [0.1, 0.15) is 5.54 Å². The lowest BCUT2D eigenvalue weighted by Gasteiger charge is -2.32. The molecule has 2 saturated heterocycles. The molecule has 0 aliphatic carbocycles. The van der Waals surface area contributed by atoms with Gasteiger partial charge in [-0.2, -0.15) is 0 Å². The molecule has 6 heteroatoms. The smallest absolute Gasteiger partial charge is 0.250 e. The second-order valence-corrected chi connectivity index (χ2v) is 8.99. The van der Waals surface area contributed by atoms with Crippen LogP contribution >= 0.6 is 0 Å². The number of anilines is 1. The van der Waals surface area contributed by atoms with Crippen molar-refractivity contribution in [2.45, 2.75) is 65.6 Å². The third-order valence-corrected chi connectivity index (χ3v) is 6.88. The number of aryl methyl sites for hydroxylation is 2. The molecule has 0 radical (unpaired) electrons. The van der Waals surface area contributed by atoms with Gasteiger partial charge in [-0.05, 0) is 38.7 Å². The van der Waals surface area contributed by atoms with Gasteiger partial charge in [-0.1, -0.05) is 38.5 Å². The Morgan fingerprint density at radius 3 is 2.39 bits per heavy atom. The average molecular weight is 383 g/mol. The van der Waals surface area contributed by atoms with Crippen molar-refractivity contribution in [2.24, 2.45) is 17.8 Å². The molecule has 1 spiro atoms. The van der Waals surface area contributed by atoms with Crippen LogP contribution in [0.4, 0.5) is 5.69 Å². The van der Waals surface area contributed by atoms with Crippen molar-refractivity contribution in [3.63, 3.8) is 0 Å². The van der Waals surface area contributed by atoms with Crippen molar-refractivity contribution in [3.05, 3.63) is 28.8 Å². The number of carbonyl (C=O) groups is 3. The van der Waals surface area contributed by atoms with Gasteiger partial charge in [0.2, 0.25) is 17.7 Å². The Kier molecular flexibility index (Phi) is 4.20. The predicted molar refractivity (Wildman–Crippen MR) is 107 cm³/mol. The van der Waals surface area contributed by atoms with E-state index in [9.17, 15) is 14.4 Å². The van der Waals surface area contributed by atoms with Gasteiger partial charge in [-0.25, -0.2) is 0 Å². The number of benzene rings is 1. The van der Waals surface area contributed by atoms with Crippen molar-refractivity contribution in [3.8, 4) is 0 Å². The number of hydrogen-bond donors (Lipinski definition) is 2. The molecule has 3 amide bonds. The summed E-state index contributed by atoms with van der Waals surface area (Å²) in [6.07, 6.45) is 0.699. The van der Waals surface area contributed by atoms with Crippen LogP contribution in [0.3, 0.4) is 0 Å². The van der Waals surface area contributed by atoms with Gasteiger partial charge >= 0.3 is 0 Å². The van der Waals surface area contributed by atoms with E-state index in [-0.39, 0.29) is 35.7 Å². The highest BCUT2D eigenvalue weighted by Crippen LogP contribution is 2.54. The van der Waals surface area contributed by atoms with Crippen LogP contribution in [-0.2, 0) is 19.9 Å². The Hall–Kier alpha value is -2.21. The highest BCUT2D eigenvalue weighted by Gasteiger charge is 2.71. The summed E-state index contributed by atoms with van der Waals surface area (Å²) in [6.45, 7) is 11.9. The first-order chi connectivity index (χ1) is 13.1. The molecule has 0 saturated carbocycles. The van der Waals surface area contributed by atoms with Crippen molar-refractivity contribution in [1.29, 1.82) is 0 Å². The van der Waals surface area contributed by atoms with E-state index in [4.69, 9.17) is 0 Å². The normalized spacial score (nSPS) is 32.3. The van der Waals surface area contributed by atoms with Gasteiger partial charge in [-0.3, -0.25) is 24.6 Å². The van der Waals surface area contributed by atoms with E-state index in [0.717, 1.165) is 22.4 Å². The van der Waals surface area contributed by atoms with Crippen LogP contribution in [0.1, 0.15) is 50.8 Å². The minimum atomic E-state index is -1.18. The third kappa shape index (κ3) is 2.21. The van der Waals surface area contributed by atoms with Crippen molar-refractivity contribution < 1.29 is 14.4 Å². The number of carbonyl (C=O) groups excluding carboxylic acids is 3. The molecule has 28 heavy (non-hydrogen) atoms. The summed E-state index contributed by atoms with van der Waals surface area (Å²) in [4.78, 5) is 41.7. The van der Waals surface area contributed by atoms with Gasteiger partial charge in [0.05, 0.1) is 11.8 Å². The molecule has 1 aromatic carbocycles. The molecule has 5 unspecified atom stereocenters. The zero-order chi connectivity index (χ0) is 20.5. The zero-order valence-corrected chi connectivity index (χ0v) is 17.4. The lowest BCUT2D eigenvalue weighted by atomic mass is 9.75. The molecule has 6 nitrogen and oxygen atoms in total. The number of fused-ring (bicyclic) bond motifs is 4. The zero-order valence-electron chi connectivity index (χ0n) is 17.4. The molecule has 0 bridgehead atoms. The maximum atomic E-state index is 13.5. The minimum absolute atomic E-state index is 0.114. The summed E-state index contributed by atoms with van der Waals surface area (Å²) in [6, 6.07) is 3.61. The van der Waals surface area contributed by atoms with Crippen LogP contribution in [0, 0.1) is 31.6 Å². The fourth-order valence-electron chi connectivity index (χ4n) is 5.40. The molecule has 4 rings (SSSR count). The first-order valence-corrected chi connectivity index (χ1v) is 10.2. The van der Waals surface area contributed by atoms with Gasteiger partial charge in [0, 0.05) is 23.3 Å². The van der Waals surface area contributed by atoms with Gasteiger partial charge in [0.15, 0.2) is 0 Å². The lowest BCUT2D eigenvalue weighted by molar-refractivity contribution is -0.145. The lowest BCUT2D eigenvalue weighted by Crippen LogP contribution is -2.54. The molecule has 2 N–H and O–H groups in total. The molecule has 5 atom stereocenters. The Morgan fingerprint density at radius 2 is 1.79 bits per heavy atom. The van der Waals surface area contributed by atoms with Crippen LogP contribution in [0.2, 0.25) is 0 Å². The maximum Gasteiger partial charge on any atom is 0.250 e. The number of hydrogen-bond acceptors (Lipinski definition) is 4. The van der Waals surface area contributed by atoms with E-state index >= 15 is 0 Å². The van der Waals surface area contributed by atoms with Crippen LogP contribution in [-0.4, -0.2) is 34.7 Å². The van der Waals surface area contributed by atoms with E-state index in [2.05, 4.69) is 10.6 Å². The molecule has 2 fully saturated rings. The molecular weight excluding hydrogens is 354 g/mol. The van der Waals surface area contributed by atoms with Gasteiger partial charge in [0.25, 0.3) is 0 Å². The number of nitrogens with zero attached hydrogens (tertiary/aromatic N) is 1. The van der Waals surface area contributed by atoms with Crippen molar-refractivity contribution in [1.82, 2.24) is 10.2 Å². The molecule has 3 heterocycles. The largest absolute Gasteiger partial charge is 0.324 e. The topological polar surface area (TPSA) is 78.5 Å². The molecule has 150 valence electrons. The first kappa shape index (κ1) is 19.1. The number of amides is 3. The number of rotatable bonds is 3. The standard InChI is InChI=1S/C22H29N3O3/c1-7-13(6)25-19(26)15-16(20(25)27)22(24-17(15)10(2)3)14-9-11(4)8-12(5)18(14)23-21(22)28/h8-10,13,15-17,24H,7H2,1-6H3,(H,23,28). The minimum Gasteiger partial charge on any atom is -0.324 e. The predicted octanol–water partition coefficient (Wildman–Crippen LogP) is 2.48. The average Bonchev–Trinajstić information content (AvgIpc) is 3.21. The Labute approximate surface area is 166 Å². The quantitative estimate of drug-likeness (QED) is 0.786. The summed E-state index contributed by atoms with van der Waals surface area (Å²) in [5, 5.41) is 6.49. The SMILES string of the molecule is CCC(C)N1C(=O)C2C(C(C)C)NC3(C(=O)Nc4c(C)cc(C)cc43)C2C1=O. The van der Waals surface area contributed by atoms with Crippen LogP contribution in [0.25, 0.3) is 0 Å². The Balaban J connectivity index is 1.94. The molecule has 0 aromatic heterocycles. The van der Waals surface area contributed by atoms with Crippen LogP contribution in [0.15, 0.2) is 12.1 Å². The van der Waals surface area contributed by atoms with Gasteiger partial charge < -0.3 is 5.32 Å². The summed E-state index contributed by atoms with van der Waals surface area (Å²) >= 11 is 0. The summed E-state index contributed by atoms with van der Waals surface area (Å²) in [7, 11) is 0. The fraction of sp³-hybridized carbons (Fsp3) is 0.591. The molecule has 1 aromatic rings. The van der Waals surface area contributed by atoms with E-state index in [0.29, 0.717) is 6.42 Å². The molecule has 3 aliphatic rings. The second kappa shape index (κ2) is 6.14. The van der Waals surface area contributed by atoms with Crippen LogP contribution < -0.4 is 10.6 Å². The summed E-state index contributed by atoms with van der Waals surface area (Å²) in [5.74, 6) is -1.69. The summed E-state index contributed by atoms with van der Waals surface area (Å²) < 4.78 is 0. The van der Waals surface area contributed by atoms with Crippen molar-refractivity contribution in [2.75, 3.05) is 5.32 Å². The monoisotopic (exact) mass is 383 g/mol. The Bertz CT molecular complexity index is 893. The first-order valence-electron chi connectivity index (χ1n) is 10.2. The highest BCUT2D eigenvalue weighted by molar-refractivity contribution is 6.15. The second-order valence-electron chi connectivity index (χ2n) is 8.99. The van der Waals surface area contributed by atoms with E-state index in [1.54, 1.807) is 0 Å². The Morgan fingerprint density at radius 1 is 1.11 bits per heavy atom. The summed E-state index contributed by atoms with van der Waals surface area (Å²) in [5.41, 5.74) is 2.41. The molecule has 3 aliphatic heterocycles. The van der Waals surface area contributed by atoms with E-state index in [1.807, 2.05) is 53.7 Å². The van der Waals surface area contributed by atoms with Gasteiger partial charge in [-0.15, -0.1) is 0 Å². The molecular formula is C22H29N3O3. The number of nitrogens with one attached hydrogen (secondary N) is 2. The maximum absolute atomic E-state index is 13.5.